The molecule has 0 radical (unpaired) electrons. The maximum Gasteiger partial charge on any atom is 0.212 e. The molecule has 0 spiro atoms. The lowest BCUT2D eigenvalue weighted by Crippen LogP contribution is -2.33. The molecule has 0 aliphatic heterocycles. The highest BCUT2D eigenvalue weighted by Gasteiger charge is 2.08. The van der Waals surface area contributed by atoms with Crippen molar-refractivity contribution in [3.63, 3.8) is 0 Å². The Hall–Kier alpha value is -0.980. The van der Waals surface area contributed by atoms with Gasteiger partial charge in [0.1, 0.15) is 5.82 Å². The van der Waals surface area contributed by atoms with Crippen LogP contribution in [0.25, 0.3) is 0 Å². The van der Waals surface area contributed by atoms with Crippen LogP contribution < -0.4 is 10.3 Å². The van der Waals surface area contributed by atoms with Gasteiger partial charge in [0.25, 0.3) is 0 Å². The Balaban J connectivity index is 2.45. The maximum atomic E-state index is 11.6. The third-order valence-corrected chi connectivity index (χ3v) is 2.44. The molecule has 2 N–H and O–H groups in total. The second kappa shape index (κ2) is 6.68. The third kappa shape index (κ3) is 5.76. The van der Waals surface area contributed by atoms with E-state index in [-0.39, 0.29) is 17.6 Å². The minimum Gasteiger partial charge on any atom is -0.285 e. The lowest BCUT2D eigenvalue weighted by atomic mass is 10.3. The molecular weight excluding hydrogens is 236 g/mol. The minimum absolute atomic E-state index is 0.0110. The average molecular weight is 254 g/mol. The van der Waals surface area contributed by atoms with Gasteiger partial charge in [0, 0.05) is 29.4 Å². The van der Waals surface area contributed by atoms with Crippen molar-refractivity contribution in [2.45, 2.75) is 40.2 Å². The van der Waals surface area contributed by atoms with Crippen molar-refractivity contribution in [2.75, 3.05) is 0 Å². The van der Waals surface area contributed by atoms with Gasteiger partial charge in [0.2, 0.25) is 5.12 Å². The van der Waals surface area contributed by atoms with Crippen molar-refractivity contribution in [3.05, 3.63) is 23.3 Å². The number of aryl methyl sites for hydroxylation is 2. The Morgan fingerprint density at radius 2 is 1.94 bits per heavy atom. The molecule has 0 aliphatic rings. The number of hydrazine groups is 1. The Kier molecular flexibility index (Phi) is 5.54. The van der Waals surface area contributed by atoms with Crippen molar-refractivity contribution in [1.82, 2.24) is 20.2 Å². The molecule has 1 heterocycles. The predicted octanol–water partition coefficient (Wildman–Crippen LogP) is 1.31. The van der Waals surface area contributed by atoms with Crippen LogP contribution >= 0.6 is 11.9 Å². The fourth-order valence-electron chi connectivity index (χ4n) is 1.25. The number of carbonyl (C=O) groups excluding carboxylic acids is 1. The predicted molar refractivity (Wildman–Crippen MR) is 69.2 cm³/mol. The van der Waals surface area contributed by atoms with E-state index in [1.807, 2.05) is 33.8 Å². The quantitative estimate of drug-likeness (QED) is 0.610. The molecular formula is C11H18N4OS. The van der Waals surface area contributed by atoms with Gasteiger partial charge in [0.15, 0.2) is 0 Å². The Bertz CT molecular complexity index is 375. The van der Waals surface area contributed by atoms with Crippen molar-refractivity contribution < 1.29 is 4.79 Å². The van der Waals surface area contributed by atoms with Gasteiger partial charge in [-0.2, -0.15) is 4.83 Å². The summed E-state index contributed by atoms with van der Waals surface area (Å²) in [5.74, 6) is 0.575. The monoisotopic (exact) mass is 254 g/mol. The lowest BCUT2D eigenvalue weighted by molar-refractivity contribution is -0.110. The molecule has 0 bridgehead atoms. The summed E-state index contributed by atoms with van der Waals surface area (Å²) in [5, 5.41) is -0.0110. The van der Waals surface area contributed by atoms with E-state index in [0.717, 1.165) is 23.3 Å². The number of carbonyl (C=O) groups is 1. The second-order valence-corrected chi connectivity index (χ2v) is 4.98. The first-order valence-corrected chi connectivity index (χ1v) is 6.30. The van der Waals surface area contributed by atoms with Crippen molar-refractivity contribution in [3.8, 4) is 0 Å². The number of nitrogens with zero attached hydrogens (tertiary/aromatic N) is 2. The fraction of sp³-hybridized carbons (Fsp3) is 0.545. The largest absolute Gasteiger partial charge is 0.285 e. The van der Waals surface area contributed by atoms with E-state index < -0.39 is 0 Å². The van der Waals surface area contributed by atoms with Gasteiger partial charge in [-0.25, -0.2) is 15.4 Å². The summed E-state index contributed by atoms with van der Waals surface area (Å²) in [7, 11) is 0. The fourth-order valence-corrected chi connectivity index (χ4v) is 1.86. The zero-order chi connectivity index (χ0) is 12.8. The third-order valence-electron chi connectivity index (χ3n) is 1.84. The van der Waals surface area contributed by atoms with E-state index in [4.69, 9.17) is 0 Å². The standard InChI is InChI=1S/C11H18N4OS/c1-7(2)14-15-17-11(16)6-10-12-8(3)5-9(4)13-10/h5,7,14-15H,6H2,1-4H3. The highest BCUT2D eigenvalue weighted by molar-refractivity contribution is 8.11. The molecule has 0 aliphatic carbocycles. The Labute approximate surface area is 106 Å². The van der Waals surface area contributed by atoms with Crippen molar-refractivity contribution in [2.24, 2.45) is 0 Å². The molecule has 0 fully saturated rings. The number of hydrogen-bond donors (Lipinski definition) is 2. The SMILES string of the molecule is Cc1cc(C)nc(CC(=O)SNNC(C)C)n1. The van der Waals surface area contributed by atoms with Gasteiger partial charge >= 0.3 is 0 Å². The highest BCUT2D eigenvalue weighted by Crippen LogP contribution is 2.04. The summed E-state index contributed by atoms with van der Waals surface area (Å²) < 4.78 is 0. The summed E-state index contributed by atoms with van der Waals surface area (Å²) in [4.78, 5) is 22.8. The van der Waals surface area contributed by atoms with Crippen molar-refractivity contribution in [1.29, 1.82) is 0 Å². The van der Waals surface area contributed by atoms with Gasteiger partial charge < -0.3 is 0 Å². The molecule has 0 amide bonds. The molecule has 1 rings (SSSR count). The number of nitrogens with one attached hydrogen (secondary N) is 2. The van der Waals surface area contributed by atoms with Crippen LogP contribution in [-0.2, 0) is 11.2 Å². The van der Waals surface area contributed by atoms with Crippen LogP contribution in [0.1, 0.15) is 31.1 Å². The summed E-state index contributed by atoms with van der Waals surface area (Å²) in [5.41, 5.74) is 4.71. The topological polar surface area (TPSA) is 66.9 Å². The lowest BCUT2D eigenvalue weighted by Gasteiger charge is -2.08. The number of hydrogen-bond acceptors (Lipinski definition) is 6. The van der Waals surface area contributed by atoms with Crippen LogP contribution in [0, 0.1) is 13.8 Å². The maximum absolute atomic E-state index is 11.6. The average Bonchev–Trinajstić information content (AvgIpc) is 2.14. The summed E-state index contributed by atoms with van der Waals surface area (Å²) >= 11 is 1.03. The molecule has 5 nitrogen and oxygen atoms in total. The van der Waals surface area contributed by atoms with Gasteiger partial charge in [-0.1, -0.05) is 0 Å². The van der Waals surface area contributed by atoms with E-state index in [0.29, 0.717) is 5.82 Å². The van der Waals surface area contributed by atoms with Crippen LogP contribution in [0.5, 0.6) is 0 Å². The number of rotatable bonds is 5. The summed E-state index contributed by atoms with van der Waals surface area (Å²) in [6, 6.07) is 2.17. The number of aromatic nitrogens is 2. The Morgan fingerprint density at radius 1 is 1.35 bits per heavy atom. The molecule has 6 heteroatoms. The van der Waals surface area contributed by atoms with E-state index in [2.05, 4.69) is 20.2 Å². The normalized spacial score (nSPS) is 10.9. The second-order valence-electron chi connectivity index (χ2n) is 4.12. The first-order chi connectivity index (χ1) is 7.97. The molecule has 0 saturated heterocycles. The molecule has 0 unspecified atom stereocenters. The minimum atomic E-state index is -0.0110. The van der Waals surface area contributed by atoms with E-state index >= 15 is 0 Å². The smallest absolute Gasteiger partial charge is 0.212 e. The van der Waals surface area contributed by atoms with Crippen LogP contribution in [-0.4, -0.2) is 21.1 Å². The summed E-state index contributed by atoms with van der Waals surface area (Å²) in [6.07, 6.45) is 0.236. The summed E-state index contributed by atoms with van der Waals surface area (Å²) in [6.45, 7) is 7.78. The van der Waals surface area contributed by atoms with Crippen LogP contribution in [0.4, 0.5) is 0 Å². The zero-order valence-electron chi connectivity index (χ0n) is 10.6. The van der Waals surface area contributed by atoms with E-state index in [9.17, 15) is 4.79 Å². The van der Waals surface area contributed by atoms with Crippen LogP contribution in [0.3, 0.4) is 0 Å². The molecule has 0 atom stereocenters. The highest BCUT2D eigenvalue weighted by atomic mass is 32.2. The molecule has 17 heavy (non-hydrogen) atoms. The van der Waals surface area contributed by atoms with E-state index in [1.165, 1.54) is 0 Å². The molecule has 94 valence electrons. The van der Waals surface area contributed by atoms with Gasteiger partial charge in [-0.05, 0) is 33.8 Å². The first kappa shape index (κ1) is 14.1. The van der Waals surface area contributed by atoms with Crippen LogP contribution in [0.15, 0.2) is 6.07 Å². The molecule has 1 aromatic rings. The van der Waals surface area contributed by atoms with Gasteiger partial charge in [-0.15, -0.1) is 0 Å². The molecule has 0 aromatic carbocycles. The van der Waals surface area contributed by atoms with Crippen LogP contribution in [0.2, 0.25) is 0 Å². The zero-order valence-corrected chi connectivity index (χ0v) is 11.4. The van der Waals surface area contributed by atoms with Gasteiger partial charge in [-0.3, -0.25) is 4.79 Å². The van der Waals surface area contributed by atoms with E-state index in [1.54, 1.807) is 0 Å². The first-order valence-electron chi connectivity index (χ1n) is 5.48. The van der Waals surface area contributed by atoms with Crippen molar-refractivity contribution >= 4 is 17.1 Å². The molecule has 1 aromatic heterocycles. The van der Waals surface area contributed by atoms with Gasteiger partial charge in [0.05, 0.1) is 6.42 Å². The Morgan fingerprint density at radius 3 is 2.47 bits per heavy atom. The molecule has 0 saturated carbocycles.